The molecule has 2 aromatic carbocycles. The lowest BCUT2D eigenvalue weighted by Gasteiger charge is -2.11. The summed E-state index contributed by atoms with van der Waals surface area (Å²) in [5.74, 6) is 0.533. The topological polar surface area (TPSA) is 64.3 Å². The molecule has 0 radical (unpaired) electrons. The fourth-order valence-electron chi connectivity index (χ4n) is 2.07. The maximum Gasteiger partial charge on any atom is 0.262 e. The summed E-state index contributed by atoms with van der Waals surface area (Å²) in [6.45, 7) is 2.51. The van der Waals surface area contributed by atoms with Crippen LogP contribution in [0.1, 0.15) is 11.1 Å². The van der Waals surface area contributed by atoms with E-state index in [-0.39, 0.29) is 12.5 Å². The van der Waals surface area contributed by atoms with Crippen molar-refractivity contribution in [3.05, 3.63) is 59.7 Å². The average Bonchev–Trinajstić information content (AvgIpc) is 2.47. The molecule has 3 N–H and O–H groups in total. The Morgan fingerprint density at radius 1 is 1.19 bits per heavy atom. The minimum absolute atomic E-state index is 0.0183. The Morgan fingerprint density at radius 3 is 2.76 bits per heavy atom. The van der Waals surface area contributed by atoms with Gasteiger partial charge >= 0.3 is 0 Å². The number of hydrogen-bond donors (Lipinski definition) is 2. The van der Waals surface area contributed by atoms with Crippen molar-refractivity contribution in [3.8, 4) is 5.75 Å². The zero-order chi connectivity index (χ0) is 15.1. The maximum absolute atomic E-state index is 11.9. The van der Waals surface area contributed by atoms with Gasteiger partial charge in [0.1, 0.15) is 5.75 Å². The van der Waals surface area contributed by atoms with Crippen molar-refractivity contribution in [2.75, 3.05) is 18.5 Å². The minimum Gasteiger partial charge on any atom is -0.483 e. The number of amides is 1. The van der Waals surface area contributed by atoms with Crippen molar-refractivity contribution in [1.29, 1.82) is 0 Å². The first-order valence-corrected chi connectivity index (χ1v) is 6.96. The Kier molecular flexibility index (Phi) is 5.35. The standard InChI is InChI=1S/C17H20N2O2/c1-13-5-4-7-15(11-13)19-17(20)12-21-16-8-3-2-6-14(16)9-10-18/h2-8,11H,9-10,12,18H2,1H3,(H,19,20). The molecule has 0 spiro atoms. The van der Waals surface area contributed by atoms with Gasteiger partial charge < -0.3 is 15.8 Å². The molecular weight excluding hydrogens is 264 g/mol. The second-order valence-electron chi connectivity index (χ2n) is 4.85. The van der Waals surface area contributed by atoms with E-state index in [1.165, 1.54) is 0 Å². The zero-order valence-electron chi connectivity index (χ0n) is 12.1. The number of para-hydroxylation sites is 1. The largest absolute Gasteiger partial charge is 0.483 e. The van der Waals surface area contributed by atoms with Crippen LogP contribution in [-0.4, -0.2) is 19.1 Å². The van der Waals surface area contributed by atoms with E-state index in [9.17, 15) is 4.79 Å². The number of hydrogen-bond acceptors (Lipinski definition) is 3. The van der Waals surface area contributed by atoms with Gasteiger partial charge in [0.15, 0.2) is 6.61 Å². The summed E-state index contributed by atoms with van der Waals surface area (Å²) in [6, 6.07) is 15.3. The lowest BCUT2D eigenvalue weighted by molar-refractivity contribution is -0.118. The SMILES string of the molecule is Cc1cccc(NC(=O)COc2ccccc2CCN)c1. The van der Waals surface area contributed by atoms with Crippen LogP contribution in [0, 0.1) is 6.92 Å². The molecule has 0 aliphatic carbocycles. The molecule has 0 bridgehead atoms. The van der Waals surface area contributed by atoms with Crippen molar-refractivity contribution in [3.63, 3.8) is 0 Å². The summed E-state index contributed by atoms with van der Waals surface area (Å²) in [6.07, 6.45) is 0.732. The first kappa shape index (κ1) is 15.1. The van der Waals surface area contributed by atoms with Crippen molar-refractivity contribution >= 4 is 11.6 Å². The fourth-order valence-corrected chi connectivity index (χ4v) is 2.07. The average molecular weight is 284 g/mol. The molecule has 2 aromatic rings. The summed E-state index contributed by atoms with van der Waals surface area (Å²) in [4.78, 5) is 11.9. The Morgan fingerprint density at radius 2 is 2.00 bits per heavy atom. The maximum atomic E-state index is 11.9. The molecule has 0 aromatic heterocycles. The summed E-state index contributed by atoms with van der Waals surface area (Å²) in [7, 11) is 0. The number of nitrogens with two attached hydrogens (primary N) is 1. The number of rotatable bonds is 6. The van der Waals surface area contributed by atoms with Gasteiger partial charge in [-0.2, -0.15) is 0 Å². The van der Waals surface area contributed by atoms with E-state index in [0.29, 0.717) is 12.3 Å². The predicted molar refractivity (Wildman–Crippen MR) is 84.5 cm³/mol. The molecule has 21 heavy (non-hydrogen) atoms. The Labute approximate surface area is 124 Å². The summed E-state index contributed by atoms with van der Waals surface area (Å²) in [5.41, 5.74) is 8.46. The normalized spacial score (nSPS) is 10.2. The number of benzene rings is 2. The van der Waals surface area contributed by atoms with E-state index >= 15 is 0 Å². The Balaban J connectivity index is 1.92. The van der Waals surface area contributed by atoms with Crippen LogP contribution in [0.2, 0.25) is 0 Å². The van der Waals surface area contributed by atoms with Crippen LogP contribution in [-0.2, 0) is 11.2 Å². The van der Waals surface area contributed by atoms with Gasteiger partial charge in [-0.15, -0.1) is 0 Å². The molecule has 0 aliphatic heterocycles. The number of aryl methyl sites for hydroxylation is 1. The van der Waals surface area contributed by atoms with E-state index in [4.69, 9.17) is 10.5 Å². The Hall–Kier alpha value is -2.33. The molecule has 0 saturated heterocycles. The first-order chi connectivity index (χ1) is 10.2. The van der Waals surface area contributed by atoms with Gasteiger partial charge in [0.25, 0.3) is 5.91 Å². The van der Waals surface area contributed by atoms with Crippen LogP contribution in [0.25, 0.3) is 0 Å². The van der Waals surface area contributed by atoms with E-state index in [1.807, 2.05) is 55.5 Å². The molecule has 2 rings (SSSR count). The molecule has 110 valence electrons. The third kappa shape index (κ3) is 4.61. The Bertz CT molecular complexity index is 611. The molecule has 0 saturated carbocycles. The molecule has 0 heterocycles. The monoisotopic (exact) mass is 284 g/mol. The highest BCUT2D eigenvalue weighted by Crippen LogP contribution is 2.18. The molecule has 4 nitrogen and oxygen atoms in total. The van der Waals surface area contributed by atoms with E-state index in [0.717, 1.165) is 23.2 Å². The molecule has 4 heteroatoms. The first-order valence-electron chi connectivity index (χ1n) is 6.96. The molecule has 0 aliphatic rings. The van der Waals surface area contributed by atoms with Gasteiger partial charge in [0.2, 0.25) is 0 Å². The van der Waals surface area contributed by atoms with Gasteiger partial charge in [-0.05, 0) is 49.2 Å². The van der Waals surface area contributed by atoms with Crippen molar-refractivity contribution < 1.29 is 9.53 Å². The van der Waals surface area contributed by atoms with Crippen molar-refractivity contribution in [1.82, 2.24) is 0 Å². The smallest absolute Gasteiger partial charge is 0.262 e. The molecule has 0 unspecified atom stereocenters. The van der Waals surface area contributed by atoms with E-state index in [2.05, 4.69) is 5.32 Å². The van der Waals surface area contributed by atoms with Gasteiger partial charge in [0.05, 0.1) is 0 Å². The number of carbonyl (C=O) groups excluding carboxylic acids is 1. The highest BCUT2D eigenvalue weighted by molar-refractivity contribution is 5.91. The highest BCUT2D eigenvalue weighted by atomic mass is 16.5. The van der Waals surface area contributed by atoms with E-state index < -0.39 is 0 Å². The minimum atomic E-state index is -0.178. The van der Waals surface area contributed by atoms with Gasteiger partial charge in [-0.25, -0.2) is 0 Å². The summed E-state index contributed by atoms with van der Waals surface area (Å²) >= 11 is 0. The number of ether oxygens (including phenoxy) is 1. The van der Waals surface area contributed by atoms with Gasteiger partial charge in [0, 0.05) is 5.69 Å². The van der Waals surface area contributed by atoms with Crippen LogP contribution in [0.4, 0.5) is 5.69 Å². The number of nitrogens with one attached hydrogen (secondary N) is 1. The second kappa shape index (κ2) is 7.45. The lowest BCUT2D eigenvalue weighted by Crippen LogP contribution is -2.20. The highest BCUT2D eigenvalue weighted by Gasteiger charge is 2.06. The van der Waals surface area contributed by atoms with Crippen LogP contribution >= 0.6 is 0 Å². The third-order valence-corrected chi connectivity index (χ3v) is 3.05. The quantitative estimate of drug-likeness (QED) is 0.856. The van der Waals surface area contributed by atoms with Crippen molar-refractivity contribution in [2.24, 2.45) is 5.73 Å². The number of anilines is 1. The zero-order valence-corrected chi connectivity index (χ0v) is 12.1. The van der Waals surface area contributed by atoms with E-state index in [1.54, 1.807) is 0 Å². The molecule has 0 atom stereocenters. The molecule has 0 fully saturated rings. The lowest BCUT2D eigenvalue weighted by atomic mass is 10.1. The molecule has 1 amide bonds. The van der Waals surface area contributed by atoms with Crippen LogP contribution in [0.3, 0.4) is 0 Å². The predicted octanol–water partition coefficient (Wildman–Crippen LogP) is 2.51. The number of carbonyl (C=O) groups is 1. The molecular formula is C17H20N2O2. The van der Waals surface area contributed by atoms with Crippen LogP contribution < -0.4 is 15.8 Å². The fraction of sp³-hybridized carbons (Fsp3) is 0.235. The summed E-state index contributed by atoms with van der Waals surface area (Å²) in [5, 5.41) is 2.82. The third-order valence-electron chi connectivity index (χ3n) is 3.05. The van der Waals surface area contributed by atoms with Gasteiger partial charge in [-0.1, -0.05) is 30.3 Å². The van der Waals surface area contributed by atoms with Crippen molar-refractivity contribution in [2.45, 2.75) is 13.3 Å². The summed E-state index contributed by atoms with van der Waals surface area (Å²) < 4.78 is 5.59. The van der Waals surface area contributed by atoms with Crippen LogP contribution in [0.15, 0.2) is 48.5 Å². The second-order valence-corrected chi connectivity index (χ2v) is 4.85. The van der Waals surface area contributed by atoms with Gasteiger partial charge in [-0.3, -0.25) is 4.79 Å². The van der Waals surface area contributed by atoms with Crippen LogP contribution in [0.5, 0.6) is 5.75 Å².